The van der Waals surface area contributed by atoms with Crippen molar-refractivity contribution in [3.8, 4) is 11.5 Å². The summed E-state index contributed by atoms with van der Waals surface area (Å²) in [7, 11) is 4.76. The molecule has 0 unspecified atom stereocenters. The van der Waals surface area contributed by atoms with E-state index >= 15 is 0 Å². The van der Waals surface area contributed by atoms with Crippen LogP contribution in [0.15, 0.2) is 79.0 Å². The number of hydrogen-bond acceptors (Lipinski definition) is 5. The highest BCUT2D eigenvalue weighted by atomic mass is 16.5. The van der Waals surface area contributed by atoms with E-state index in [9.17, 15) is 9.59 Å². The molecule has 0 fully saturated rings. The van der Waals surface area contributed by atoms with E-state index in [0.717, 1.165) is 22.0 Å². The minimum absolute atomic E-state index is 0.0573. The fourth-order valence-corrected chi connectivity index (χ4v) is 4.57. The topological polar surface area (TPSA) is 84.1 Å². The number of hydrogen-bond donors (Lipinski definition) is 1. The van der Waals surface area contributed by atoms with Crippen molar-refractivity contribution in [2.24, 2.45) is 0 Å². The molecule has 0 saturated heterocycles. The van der Waals surface area contributed by atoms with Gasteiger partial charge in [-0.05, 0) is 47.9 Å². The van der Waals surface area contributed by atoms with Crippen LogP contribution in [0.4, 0.5) is 0 Å². The zero-order chi connectivity index (χ0) is 27.6. The Morgan fingerprint density at radius 1 is 0.821 bits per heavy atom. The molecule has 0 bridgehead atoms. The number of methoxy groups -OCH3 is 3. The van der Waals surface area contributed by atoms with Crippen LogP contribution >= 0.6 is 0 Å². The molecule has 0 aliphatic rings. The molecule has 4 aromatic rings. The fraction of sp³-hybridized carbons (Fsp3) is 0.290. The van der Waals surface area contributed by atoms with Crippen molar-refractivity contribution in [1.82, 2.24) is 14.8 Å². The zero-order valence-corrected chi connectivity index (χ0v) is 22.7. The number of aromatic nitrogens is 1. The zero-order valence-electron chi connectivity index (χ0n) is 22.7. The molecular weight excluding hydrogens is 494 g/mol. The van der Waals surface area contributed by atoms with Crippen LogP contribution in [0.1, 0.15) is 21.5 Å². The normalized spacial score (nSPS) is 10.8. The van der Waals surface area contributed by atoms with Crippen LogP contribution in [-0.4, -0.2) is 74.2 Å². The fourth-order valence-electron chi connectivity index (χ4n) is 4.57. The third-order valence-corrected chi connectivity index (χ3v) is 6.70. The van der Waals surface area contributed by atoms with Gasteiger partial charge in [0.05, 0.1) is 20.8 Å². The van der Waals surface area contributed by atoms with Gasteiger partial charge in [0.25, 0.3) is 5.91 Å². The molecule has 1 heterocycles. The van der Waals surface area contributed by atoms with Gasteiger partial charge in [-0.2, -0.15) is 0 Å². The van der Waals surface area contributed by atoms with E-state index < -0.39 is 0 Å². The average molecular weight is 530 g/mol. The molecule has 0 atom stereocenters. The Morgan fingerprint density at radius 3 is 2.31 bits per heavy atom. The van der Waals surface area contributed by atoms with Gasteiger partial charge in [0, 0.05) is 49.4 Å². The third-order valence-electron chi connectivity index (χ3n) is 6.70. The second kappa shape index (κ2) is 13.5. The Labute approximate surface area is 229 Å². The van der Waals surface area contributed by atoms with Gasteiger partial charge in [-0.25, -0.2) is 0 Å². The predicted octanol–water partition coefficient (Wildman–Crippen LogP) is 4.55. The summed E-state index contributed by atoms with van der Waals surface area (Å²) < 4.78 is 16.1. The van der Waals surface area contributed by atoms with Gasteiger partial charge >= 0.3 is 0 Å². The standard InChI is InChI=1S/C31H35N3O5/c1-37-18-17-34(31(36)24-9-5-4-6-10-24)22-30(35)33(21-23-13-14-28(38-2)29(19-23)39-3)16-15-25-20-32-27-12-8-7-11-26(25)27/h4-14,19-20,32H,15-18,21-22H2,1-3H3. The number of carbonyl (C=O) groups excluding carboxylic acids is 2. The first kappa shape index (κ1) is 27.7. The molecule has 0 aliphatic carbocycles. The minimum Gasteiger partial charge on any atom is -0.493 e. The summed E-state index contributed by atoms with van der Waals surface area (Å²) >= 11 is 0. The number of benzene rings is 3. The Hall–Kier alpha value is -4.30. The van der Waals surface area contributed by atoms with Crippen molar-refractivity contribution in [2.75, 3.05) is 47.6 Å². The van der Waals surface area contributed by atoms with Crippen LogP contribution in [0.2, 0.25) is 0 Å². The van der Waals surface area contributed by atoms with E-state index in [0.29, 0.717) is 49.7 Å². The van der Waals surface area contributed by atoms with E-state index in [1.54, 1.807) is 43.3 Å². The lowest BCUT2D eigenvalue weighted by Gasteiger charge is -2.28. The van der Waals surface area contributed by atoms with Crippen LogP contribution in [0.25, 0.3) is 10.9 Å². The van der Waals surface area contributed by atoms with Gasteiger partial charge < -0.3 is 29.0 Å². The summed E-state index contributed by atoms with van der Waals surface area (Å²) in [6.45, 7) is 1.42. The molecule has 4 rings (SSSR count). The smallest absolute Gasteiger partial charge is 0.254 e. The number of nitrogens with zero attached hydrogens (tertiary/aromatic N) is 2. The number of fused-ring (bicyclic) bond motifs is 1. The van der Waals surface area contributed by atoms with Crippen molar-refractivity contribution in [2.45, 2.75) is 13.0 Å². The first-order valence-electron chi connectivity index (χ1n) is 12.9. The molecule has 1 N–H and O–H groups in total. The van der Waals surface area contributed by atoms with Gasteiger partial charge in [0.1, 0.15) is 6.54 Å². The highest BCUT2D eigenvalue weighted by Gasteiger charge is 2.23. The Morgan fingerprint density at radius 2 is 1.56 bits per heavy atom. The predicted molar refractivity (Wildman–Crippen MR) is 151 cm³/mol. The lowest BCUT2D eigenvalue weighted by atomic mass is 10.1. The number of nitrogens with one attached hydrogen (secondary N) is 1. The third kappa shape index (κ3) is 6.97. The van der Waals surface area contributed by atoms with Gasteiger partial charge in [-0.1, -0.05) is 42.5 Å². The lowest BCUT2D eigenvalue weighted by Crippen LogP contribution is -2.44. The molecule has 1 aromatic heterocycles. The van der Waals surface area contributed by atoms with E-state index in [2.05, 4.69) is 11.1 Å². The first-order valence-corrected chi connectivity index (χ1v) is 12.9. The lowest BCUT2D eigenvalue weighted by molar-refractivity contribution is -0.132. The molecule has 0 spiro atoms. The van der Waals surface area contributed by atoms with Gasteiger partial charge in [0.2, 0.25) is 5.91 Å². The maximum Gasteiger partial charge on any atom is 0.254 e. The SMILES string of the molecule is COCCN(CC(=O)N(CCc1c[nH]c2ccccc12)Cc1ccc(OC)c(OC)c1)C(=O)c1ccccc1. The quantitative estimate of drug-likeness (QED) is 0.275. The monoisotopic (exact) mass is 529 g/mol. The molecule has 8 nitrogen and oxygen atoms in total. The maximum atomic E-state index is 13.8. The number of rotatable bonds is 13. The van der Waals surface area contributed by atoms with Crippen LogP contribution in [0, 0.1) is 0 Å². The van der Waals surface area contributed by atoms with E-state index in [1.807, 2.05) is 60.8 Å². The van der Waals surface area contributed by atoms with Crippen molar-refractivity contribution in [1.29, 1.82) is 0 Å². The van der Waals surface area contributed by atoms with Crippen LogP contribution in [0.3, 0.4) is 0 Å². The van der Waals surface area contributed by atoms with E-state index in [1.165, 1.54) is 0 Å². The molecule has 39 heavy (non-hydrogen) atoms. The second-order valence-corrected chi connectivity index (χ2v) is 9.20. The van der Waals surface area contributed by atoms with Crippen molar-refractivity contribution in [3.63, 3.8) is 0 Å². The maximum absolute atomic E-state index is 13.8. The molecular formula is C31H35N3O5. The summed E-state index contributed by atoms with van der Waals surface area (Å²) in [4.78, 5) is 33.7. The van der Waals surface area contributed by atoms with Crippen LogP contribution < -0.4 is 9.47 Å². The number of amides is 2. The highest BCUT2D eigenvalue weighted by Crippen LogP contribution is 2.28. The number of H-pyrrole nitrogens is 1. The van der Waals surface area contributed by atoms with Crippen LogP contribution in [0.5, 0.6) is 11.5 Å². The number of ether oxygens (including phenoxy) is 3. The summed E-state index contributed by atoms with van der Waals surface area (Å²) in [5.41, 5.74) is 3.63. The molecule has 0 saturated carbocycles. The largest absolute Gasteiger partial charge is 0.493 e. The van der Waals surface area contributed by atoms with E-state index in [-0.39, 0.29) is 18.4 Å². The van der Waals surface area contributed by atoms with Crippen molar-refractivity contribution in [3.05, 3.63) is 95.7 Å². The summed E-state index contributed by atoms with van der Waals surface area (Å²) in [6, 6.07) is 22.7. The van der Waals surface area contributed by atoms with Crippen molar-refractivity contribution < 1.29 is 23.8 Å². The van der Waals surface area contributed by atoms with Crippen LogP contribution in [-0.2, 0) is 22.5 Å². The molecule has 0 aliphatic heterocycles. The van der Waals surface area contributed by atoms with Gasteiger partial charge in [-0.15, -0.1) is 0 Å². The Bertz CT molecular complexity index is 1390. The molecule has 3 aromatic carbocycles. The van der Waals surface area contributed by atoms with Crippen molar-refractivity contribution >= 4 is 22.7 Å². The van der Waals surface area contributed by atoms with Gasteiger partial charge in [-0.3, -0.25) is 9.59 Å². The molecule has 8 heteroatoms. The molecule has 2 amide bonds. The molecule has 0 radical (unpaired) electrons. The summed E-state index contributed by atoms with van der Waals surface area (Å²) in [5.74, 6) is 0.867. The first-order chi connectivity index (χ1) is 19.0. The number of para-hydroxylation sites is 1. The second-order valence-electron chi connectivity index (χ2n) is 9.20. The minimum atomic E-state index is -0.205. The summed E-state index contributed by atoms with van der Waals surface area (Å²) in [6.07, 6.45) is 2.65. The van der Waals surface area contributed by atoms with Gasteiger partial charge in [0.15, 0.2) is 11.5 Å². The highest BCUT2D eigenvalue weighted by molar-refractivity contribution is 5.96. The summed E-state index contributed by atoms with van der Waals surface area (Å²) in [5, 5.41) is 1.14. The molecule has 204 valence electrons. The Kier molecular flexibility index (Phi) is 9.58. The average Bonchev–Trinajstić information content (AvgIpc) is 3.40. The number of aromatic amines is 1. The Balaban J connectivity index is 1.57. The number of carbonyl (C=O) groups is 2. The van der Waals surface area contributed by atoms with E-state index in [4.69, 9.17) is 14.2 Å².